The van der Waals surface area contributed by atoms with E-state index in [0.29, 0.717) is 5.92 Å². The summed E-state index contributed by atoms with van der Waals surface area (Å²) in [6.45, 7) is 6.51. The highest BCUT2D eigenvalue weighted by molar-refractivity contribution is 7.98. The highest BCUT2D eigenvalue weighted by atomic mass is 32.2. The molecule has 104 valence electrons. The summed E-state index contributed by atoms with van der Waals surface area (Å²) in [5.41, 5.74) is 3.72. The fourth-order valence-electron chi connectivity index (χ4n) is 2.15. The first-order chi connectivity index (χ1) is 9.65. The molecule has 0 aromatic heterocycles. The lowest BCUT2D eigenvalue weighted by molar-refractivity contribution is 0.987. The average molecular weight is 300 g/mol. The smallest absolute Gasteiger partial charge is 0.00695 e. The van der Waals surface area contributed by atoms with E-state index < -0.39 is 0 Å². The van der Waals surface area contributed by atoms with Crippen molar-refractivity contribution < 1.29 is 0 Å². The minimum atomic E-state index is 0.339. The van der Waals surface area contributed by atoms with Crippen LogP contribution in [0.1, 0.15) is 24.0 Å². The first-order valence-electron chi connectivity index (χ1n) is 6.63. The lowest BCUT2D eigenvalue weighted by atomic mass is 9.89. The zero-order valence-corrected chi connectivity index (χ0v) is 13.9. The van der Waals surface area contributed by atoms with Gasteiger partial charge >= 0.3 is 0 Å². The molecular formula is C18H20S2. The van der Waals surface area contributed by atoms with Gasteiger partial charge < -0.3 is 0 Å². The average Bonchev–Trinajstić information content (AvgIpc) is 2.53. The van der Waals surface area contributed by atoms with E-state index in [1.54, 1.807) is 23.5 Å². The Morgan fingerprint density at radius 2 is 1.30 bits per heavy atom. The van der Waals surface area contributed by atoms with Gasteiger partial charge in [0.1, 0.15) is 0 Å². The molecule has 0 nitrogen and oxygen atoms in total. The number of hydrogen-bond acceptors (Lipinski definition) is 2. The Balaban J connectivity index is 2.17. The van der Waals surface area contributed by atoms with E-state index in [2.05, 4.69) is 74.5 Å². The van der Waals surface area contributed by atoms with Gasteiger partial charge in [-0.25, -0.2) is 0 Å². The van der Waals surface area contributed by atoms with Crippen molar-refractivity contribution >= 4 is 29.1 Å². The summed E-state index contributed by atoms with van der Waals surface area (Å²) in [4.78, 5) is 2.59. The molecule has 0 radical (unpaired) electrons. The van der Waals surface area contributed by atoms with Crippen LogP contribution in [0, 0.1) is 0 Å². The lowest BCUT2D eigenvalue weighted by Crippen LogP contribution is -1.96. The predicted octanol–water partition coefficient (Wildman–Crippen LogP) is 5.95. The molecule has 1 atom stereocenters. The molecule has 2 heteroatoms. The van der Waals surface area contributed by atoms with Crippen LogP contribution in [0.5, 0.6) is 0 Å². The van der Waals surface area contributed by atoms with Crippen molar-refractivity contribution in [2.24, 2.45) is 0 Å². The Labute approximate surface area is 130 Å². The van der Waals surface area contributed by atoms with Gasteiger partial charge in [0.05, 0.1) is 0 Å². The summed E-state index contributed by atoms with van der Waals surface area (Å²) >= 11 is 3.54. The normalized spacial score (nSPS) is 12.2. The van der Waals surface area contributed by atoms with Gasteiger partial charge in [0.15, 0.2) is 0 Å². The Morgan fingerprint density at radius 3 is 1.75 bits per heavy atom. The second-order valence-electron chi connectivity index (χ2n) is 4.75. The van der Waals surface area contributed by atoms with Crippen LogP contribution in [0.15, 0.2) is 64.9 Å². The monoisotopic (exact) mass is 300 g/mol. The van der Waals surface area contributed by atoms with Gasteiger partial charge in [-0.3, -0.25) is 0 Å². The highest BCUT2D eigenvalue weighted by Gasteiger charge is 2.11. The first-order valence-corrected chi connectivity index (χ1v) is 9.08. The summed E-state index contributed by atoms with van der Waals surface area (Å²) in [5.74, 6) is 0.339. The van der Waals surface area contributed by atoms with Crippen LogP contribution >= 0.6 is 23.5 Å². The second-order valence-corrected chi connectivity index (χ2v) is 6.51. The summed E-state index contributed by atoms with van der Waals surface area (Å²) < 4.78 is 0. The Morgan fingerprint density at radius 1 is 0.850 bits per heavy atom. The van der Waals surface area contributed by atoms with Gasteiger partial charge in [0, 0.05) is 15.7 Å². The molecule has 0 aliphatic carbocycles. The number of rotatable bonds is 5. The minimum Gasteiger partial charge on any atom is -0.130 e. The quantitative estimate of drug-likeness (QED) is 0.626. The number of thioether (sulfide) groups is 2. The maximum atomic E-state index is 4.29. The Hall–Kier alpha value is -1.12. The molecule has 0 bridgehead atoms. The van der Waals surface area contributed by atoms with Gasteiger partial charge in [-0.2, -0.15) is 0 Å². The van der Waals surface area contributed by atoms with Crippen molar-refractivity contribution in [2.45, 2.75) is 22.6 Å². The fraction of sp³-hybridized carbons (Fsp3) is 0.222. The maximum absolute atomic E-state index is 4.29. The van der Waals surface area contributed by atoms with E-state index in [4.69, 9.17) is 0 Å². The largest absolute Gasteiger partial charge is 0.130 e. The molecule has 0 amide bonds. The maximum Gasteiger partial charge on any atom is 0.00695 e. The van der Waals surface area contributed by atoms with Crippen LogP contribution in [0.2, 0.25) is 0 Å². The molecule has 0 unspecified atom stereocenters. The van der Waals surface area contributed by atoms with E-state index in [-0.39, 0.29) is 0 Å². The molecule has 0 saturated heterocycles. The molecule has 0 N–H and O–H groups in total. The third kappa shape index (κ3) is 3.50. The molecule has 2 aromatic rings. The zero-order valence-electron chi connectivity index (χ0n) is 12.2. The van der Waals surface area contributed by atoms with Crippen molar-refractivity contribution in [1.29, 1.82) is 0 Å². The molecule has 0 aliphatic rings. The summed E-state index contributed by atoms with van der Waals surface area (Å²) in [6.07, 6.45) is 4.20. The van der Waals surface area contributed by atoms with Crippen LogP contribution in [0.4, 0.5) is 0 Å². The summed E-state index contributed by atoms with van der Waals surface area (Å²) in [7, 11) is 0. The number of benzene rings is 2. The molecule has 0 aliphatic heterocycles. The summed E-state index contributed by atoms with van der Waals surface area (Å²) in [5, 5.41) is 0. The third-order valence-electron chi connectivity index (χ3n) is 3.60. The van der Waals surface area contributed by atoms with Crippen molar-refractivity contribution in [3.8, 4) is 0 Å². The van der Waals surface area contributed by atoms with Gasteiger partial charge in [-0.1, -0.05) is 37.8 Å². The van der Waals surface area contributed by atoms with Gasteiger partial charge in [-0.05, 0) is 53.5 Å². The van der Waals surface area contributed by atoms with E-state index in [0.717, 1.165) is 0 Å². The molecule has 20 heavy (non-hydrogen) atoms. The van der Waals surface area contributed by atoms with Crippen molar-refractivity contribution in [1.82, 2.24) is 0 Å². The number of hydrogen-bond donors (Lipinski definition) is 0. The lowest BCUT2D eigenvalue weighted by Gasteiger charge is -2.16. The first kappa shape index (κ1) is 15.3. The summed E-state index contributed by atoms with van der Waals surface area (Å²) in [6, 6.07) is 17.4. The molecule has 0 heterocycles. The van der Waals surface area contributed by atoms with Gasteiger partial charge in [0.2, 0.25) is 0 Å². The predicted molar refractivity (Wildman–Crippen MR) is 93.9 cm³/mol. The SMILES string of the molecule is C=C(c1ccc(SC)cc1)[C@H](C)c1ccc(SC)cc1. The zero-order chi connectivity index (χ0) is 14.5. The van der Waals surface area contributed by atoms with Gasteiger partial charge in [-0.15, -0.1) is 23.5 Å². The molecule has 0 spiro atoms. The molecule has 0 saturated carbocycles. The third-order valence-corrected chi connectivity index (χ3v) is 5.09. The topological polar surface area (TPSA) is 0 Å². The fourth-order valence-corrected chi connectivity index (χ4v) is 2.97. The van der Waals surface area contributed by atoms with Crippen LogP contribution in [0.25, 0.3) is 5.57 Å². The van der Waals surface area contributed by atoms with Crippen molar-refractivity contribution in [3.63, 3.8) is 0 Å². The van der Waals surface area contributed by atoms with Crippen LogP contribution < -0.4 is 0 Å². The number of allylic oxidation sites excluding steroid dienone is 1. The van der Waals surface area contributed by atoms with E-state index in [9.17, 15) is 0 Å². The minimum absolute atomic E-state index is 0.339. The molecular weight excluding hydrogens is 280 g/mol. The van der Waals surface area contributed by atoms with E-state index in [1.165, 1.54) is 26.5 Å². The second kappa shape index (κ2) is 7.05. The van der Waals surface area contributed by atoms with Crippen LogP contribution in [-0.2, 0) is 0 Å². The molecule has 2 rings (SSSR count). The van der Waals surface area contributed by atoms with Crippen molar-refractivity contribution in [3.05, 3.63) is 66.2 Å². The van der Waals surface area contributed by atoms with Crippen LogP contribution in [-0.4, -0.2) is 12.5 Å². The van der Waals surface area contributed by atoms with Crippen molar-refractivity contribution in [2.75, 3.05) is 12.5 Å². The van der Waals surface area contributed by atoms with Gasteiger partial charge in [0.25, 0.3) is 0 Å². The standard InChI is InChI=1S/C18H20S2/c1-13(15-5-9-17(19-3)10-6-15)14(2)16-7-11-18(20-4)12-8-16/h5-12,14H,1H2,2-4H3/t14-/m0/s1. The Bertz CT molecular complexity index is 567. The molecule has 0 fully saturated rings. The Kier molecular flexibility index (Phi) is 5.38. The van der Waals surface area contributed by atoms with E-state index >= 15 is 0 Å². The highest BCUT2D eigenvalue weighted by Crippen LogP contribution is 2.32. The van der Waals surface area contributed by atoms with Crippen LogP contribution in [0.3, 0.4) is 0 Å². The van der Waals surface area contributed by atoms with E-state index in [1.807, 2.05) is 0 Å². The molecule has 2 aromatic carbocycles.